The summed E-state index contributed by atoms with van der Waals surface area (Å²) in [7, 11) is 1.82. The third-order valence-corrected chi connectivity index (χ3v) is 2.39. The maximum Gasteiger partial charge on any atom is 0.226 e. The Kier molecular flexibility index (Phi) is 11.4. The van der Waals surface area contributed by atoms with Gasteiger partial charge in [-0.1, -0.05) is 52.3 Å². The minimum Gasteiger partial charge on any atom is -0.315 e. The number of anilines is 1. The lowest BCUT2D eigenvalue weighted by Gasteiger charge is -2.19. The number of rotatable bonds is 2. The van der Waals surface area contributed by atoms with Crippen molar-refractivity contribution in [3.63, 3.8) is 0 Å². The summed E-state index contributed by atoms with van der Waals surface area (Å²) in [4.78, 5) is 13.2. The van der Waals surface area contributed by atoms with Crippen LogP contribution in [-0.4, -0.2) is 13.0 Å². The highest BCUT2D eigenvalue weighted by molar-refractivity contribution is 5.93. The summed E-state index contributed by atoms with van der Waals surface area (Å²) in [5.41, 5.74) is 3.38. The molecule has 0 aliphatic carbocycles. The van der Waals surface area contributed by atoms with Gasteiger partial charge in [0.1, 0.15) is 0 Å². The van der Waals surface area contributed by atoms with E-state index in [1.165, 1.54) is 5.56 Å². The number of amides is 1. The zero-order valence-electron chi connectivity index (χ0n) is 13.3. The van der Waals surface area contributed by atoms with E-state index < -0.39 is 0 Å². The molecule has 2 heteroatoms. The minimum absolute atomic E-state index is 0.150. The first-order valence-electron chi connectivity index (χ1n) is 6.90. The van der Waals surface area contributed by atoms with Gasteiger partial charge in [0, 0.05) is 19.2 Å². The van der Waals surface area contributed by atoms with Crippen molar-refractivity contribution in [3.05, 3.63) is 29.3 Å². The molecule has 0 N–H and O–H groups in total. The van der Waals surface area contributed by atoms with Gasteiger partial charge >= 0.3 is 0 Å². The predicted octanol–water partition coefficient (Wildman–Crippen LogP) is 4.73. The fourth-order valence-electron chi connectivity index (χ4n) is 1.55. The molecular formula is C16H29NO. The summed E-state index contributed by atoms with van der Waals surface area (Å²) < 4.78 is 0. The molecule has 0 spiro atoms. The number of carbonyl (C=O) groups excluding carboxylic acids is 1. The van der Waals surface area contributed by atoms with E-state index in [9.17, 15) is 4.79 Å². The van der Waals surface area contributed by atoms with E-state index in [-0.39, 0.29) is 5.91 Å². The Labute approximate surface area is 113 Å². The van der Waals surface area contributed by atoms with Crippen molar-refractivity contribution in [2.24, 2.45) is 0 Å². The summed E-state index contributed by atoms with van der Waals surface area (Å²) in [6, 6.07) is 6.12. The van der Waals surface area contributed by atoms with Gasteiger partial charge in [-0.05, 0) is 25.5 Å². The van der Waals surface area contributed by atoms with Crippen molar-refractivity contribution in [1.82, 2.24) is 0 Å². The van der Waals surface area contributed by atoms with Gasteiger partial charge in [0.15, 0.2) is 0 Å². The molecule has 0 aromatic heterocycles. The Morgan fingerprint density at radius 1 is 1.11 bits per heavy atom. The van der Waals surface area contributed by atoms with Gasteiger partial charge in [0.25, 0.3) is 0 Å². The Bertz CT molecular complexity index is 345. The van der Waals surface area contributed by atoms with Crippen LogP contribution in [0, 0.1) is 13.8 Å². The summed E-state index contributed by atoms with van der Waals surface area (Å²) in [5.74, 6) is 0.150. The molecule has 0 bridgehead atoms. The van der Waals surface area contributed by atoms with Gasteiger partial charge in [-0.25, -0.2) is 0 Å². The molecule has 1 rings (SSSR count). The van der Waals surface area contributed by atoms with Crippen LogP contribution in [0.1, 0.15) is 52.2 Å². The molecule has 1 aromatic rings. The molecule has 0 aliphatic heterocycles. The van der Waals surface area contributed by atoms with E-state index in [1.54, 1.807) is 4.90 Å². The third-order valence-electron chi connectivity index (χ3n) is 2.39. The summed E-state index contributed by atoms with van der Waals surface area (Å²) >= 11 is 0. The Morgan fingerprint density at radius 3 is 2.00 bits per heavy atom. The van der Waals surface area contributed by atoms with E-state index in [0.717, 1.165) is 11.3 Å². The van der Waals surface area contributed by atoms with Gasteiger partial charge in [0.05, 0.1) is 0 Å². The van der Waals surface area contributed by atoms with E-state index in [0.29, 0.717) is 6.42 Å². The van der Waals surface area contributed by atoms with Crippen molar-refractivity contribution in [2.45, 2.75) is 54.9 Å². The van der Waals surface area contributed by atoms with Crippen molar-refractivity contribution >= 4 is 11.6 Å². The number of hydrogen-bond donors (Lipinski definition) is 0. The van der Waals surface area contributed by atoms with E-state index in [1.807, 2.05) is 60.7 Å². The van der Waals surface area contributed by atoms with Crippen LogP contribution in [-0.2, 0) is 4.79 Å². The van der Waals surface area contributed by atoms with Crippen LogP contribution >= 0.6 is 0 Å². The van der Waals surface area contributed by atoms with Gasteiger partial charge in [-0.3, -0.25) is 4.79 Å². The summed E-state index contributed by atoms with van der Waals surface area (Å²) in [6.45, 7) is 14.0. The lowest BCUT2D eigenvalue weighted by atomic mass is 10.1. The molecule has 0 unspecified atom stereocenters. The molecule has 0 fully saturated rings. The maximum absolute atomic E-state index is 11.5. The van der Waals surface area contributed by atoms with Crippen LogP contribution in [0.4, 0.5) is 5.69 Å². The van der Waals surface area contributed by atoms with Crippen LogP contribution in [0.25, 0.3) is 0 Å². The second-order valence-corrected chi connectivity index (χ2v) is 3.60. The first kappa shape index (κ1) is 19.0. The molecule has 0 atom stereocenters. The number of benzene rings is 1. The van der Waals surface area contributed by atoms with Crippen molar-refractivity contribution in [3.8, 4) is 0 Å². The number of nitrogens with zero attached hydrogens (tertiary/aromatic N) is 1. The summed E-state index contributed by atoms with van der Waals surface area (Å²) in [5, 5.41) is 0. The molecule has 0 radical (unpaired) electrons. The lowest BCUT2D eigenvalue weighted by molar-refractivity contribution is -0.118. The lowest BCUT2D eigenvalue weighted by Crippen LogP contribution is -2.25. The van der Waals surface area contributed by atoms with Crippen molar-refractivity contribution in [2.75, 3.05) is 11.9 Å². The molecule has 104 valence electrons. The fourth-order valence-corrected chi connectivity index (χ4v) is 1.55. The smallest absolute Gasteiger partial charge is 0.226 e. The maximum atomic E-state index is 11.5. The van der Waals surface area contributed by atoms with Crippen LogP contribution in [0.15, 0.2) is 18.2 Å². The monoisotopic (exact) mass is 251 g/mol. The second kappa shape index (κ2) is 10.8. The zero-order chi connectivity index (χ0) is 14.7. The third kappa shape index (κ3) is 5.85. The average Bonchev–Trinajstić information content (AvgIpc) is 2.41. The van der Waals surface area contributed by atoms with Crippen molar-refractivity contribution < 1.29 is 4.79 Å². The minimum atomic E-state index is 0.150. The molecule has 0 heterocycles. The average molecular weight is 251 g/mol. The normalized spacial score (nSPS) is 8.44. The summed E-state index contributed by atoms with van der Waals surface area (Å²) in [6.07, 6.45) is 0.545. The first-order valence-corrected chi connectivity index (χ1v) is 6.90. The van der Waals surface area contributed by atoms with E-state index in [4.69, 9.17) is 0 Å². The quantitative estimate of drug-likeness (QED) is 0.744. The molecule has 1 amide bonds. The molecule has 0 saturated heterocycles. The van der Waals surface area contributed by atoms with Gasteiger partial charge < -0.3 is 4.90 Å². The van der Waals surface area contributed by atoms with Gasteiger partial charge in [-0.15, -0.1) is 0 Å². The molecule has 2 nitrogen and oxygen atoms in total. The van der Waals surface area contributed by atoms with E-state index in [2.05, 4.69) is 13.0 Å². The van der Waals surface area contributed by atoms with E-state index >= 15 is 0 Å². The van der Waals surface area contributed by atoms with Crippen LogP contribution in [0.5, 0.6) is 0 Å². The largest absolute Gasteiger partial charge is 0.315 e. The van der Waals surface area contributed by atoms with Gasteiger partial charge in [-0.2, -0.15) is 0 Å². The van der Waals surface area contributed by atoms with Crippen molar-refractivity contribution in [1.29, 1.82) is 0 Å². The fraction of sp³-hybridized carbons (Fsp3) is 0.562. The first-order chi connectivity index (χ1) is 8.56. The molecular weight excluding hydrogens is 222 g/mol. The zero-order valence-corrected chi connectivity index (χ0v) is 13.3. The highest BCUT2D eigenvalue weighted by Crippen LogP contribution is 2.20. The Hall–Kier alpha value is -1.31. The molecule has 18 heavy (non-hydrogen) atoms. The second-order valence-electron chi connectivity index (χ2n) is 3.60. The highest BCUT2D eigenvalue weighted by Gasteiger charge is 2.10. The molecule has 0 aliphatic rings. The number of hydrogen-bond acceptors (Lipinski definition) is 1. The Morgan fingerprint density at radius 2 is 1.61 bits per heavy atom. The van der Waals surface area contributed by atoms with Crippen LogP contribution in [0.3, 0.4) is 0 Å². The van der Waals surface area contributed by atoms with Crippen LogP contribution in [0.2, 0.25) is 0 Å². The van der Waals surface area contributed by atoms with Gasteiger partial charge in [0.2, 0.25) is 5.91 Å². The topological polar surface area (TPSA) is 20.3 Å². The number of aryl methyl sites for hydroxylation is 2. The molecule has 1 aromatic carbocycles. The SMILES string of the molecule is CC.CC.CCC(=O)N(C)c1ccc(C)cc1C. The standard InChI is InChI=1S/C12H17NO.2C2H6/c1-5-12(14)13(4)11-7-6-9(2)8-10(11)3;2*1-2/h6-8H,5H2,1-4H3;2*1-2H3. The Balaban J connectivity index is 0. The van der Waals surface area contributed by atoms with Crippen LogP contribution < -0.4 is 4.90 Å². The predicted molar refractivity (Wildman–Crippen MR) is 82.3 cm³/mol. The highest BCUT2D eigenvalue weighted by atomic mass is 16.2. The molecule has 0 saturated carbocycles. The number of carbonyl (C=O) groups is 1.